The summed E-state index contributed by atoms with van der Waals surface area (Å²) in [6.07, 6.45) is 3.64. The van der Waals surface area contributed by atoms with Crippen molar-refractivity contribution in [1.82, 2.24) is 9.80 Å². The average Bonchev–Trinajstić information content (AvgIpc) is 3.04. The Bertz CT molecular complexity index is 341. The van der Waals surface area contributed by atoms with Crippen LogP contribution in [-0.2, 0) is 9.59 Å². The minimum atomic E-state index is -0.861. The van der Waals surface area contributed by atoms with E-state index in [0.29, 0.717) is 19.0 Å². The van der Waals surface area contributed by atoms with Crippen molar-refractivity contribution in [2.45, 2.75) is 44.2 Å². The number of carboxylic acid groups (broad SMARTS) is 1. The summed E-state index contributed by atoms with van der Waals surface area (Å²) < 4.78 is 0. The van der Waals surface area contributed by atoms with Crippen LogP contribution < -0.4 is 0 Å². The van der Waals surface area contributed by atoms with Gasteiger partial charge in [-0.15, -0.1) is 0 Å². The van der Waals surface area contributed by atoms with Gasteiger partial charge in [0.05, 0.1) is 6.54 Å². The van der Waals surface area contributed by atoms with E-state index in [2.05, 4.69) is 0 Å². The van der Waals surface area contributed by atoms with Crippen LogP contribution in [0.1, 0.15) is 32.6 Å². The molecule has 0 radical (unpaired) electrons. The molecule has 1 aliphatic heterocycles. The number of carboxylic acids is 1. The van der Waals surface area contributed by atoms with Crippen molar-refractivity contribution < 1.29 is 14.7 Å². The molecule has 0 spiro atoms. The lowest BCUT2D eigenvalue weighted by Crippen LogP contribution is -2.51. The summed E-state index contributed by atoms with van der Waals surface area (Å²) in [6, 6.07) is 0.390. The molecule has 0 aromatic heterocycles. The van der Waals surface area contributed by atoms with Crippen LogP contribution in [0.15, 0.2) is 0 Å². The highest BCUT2D eigenvalue weighted by molar-refractivity contribution is 5.82. The Hall–Kier alpha value is -1.10. The third-order valence-corrected chi connectivity index (χ3v) is 4.06. The van der Waals surface area contributed by atoms with Gasteiger partial charge in [0.1, 0.15) is 5.54 Å². The van der Waals surface area contributed by atoms with Crippen molar-refractivity contribution in [2.75, 3.05) is 20.1 Å². The Morgan fingerprint density at radius 2 is 2.12 bits per heavy atom. The van der Waals surface area contributed by atoms with E-state index in [1.165, 1.54) is 0 Å². The molecule has 2 aliphatic rings. The molecule has 2 rings (SSSR count). The monoisotopic (exact) mass is 240 g/mol. The molecule has 17 heavy (non-hydrogen) atoms. The summed E-state index contributed by atoms with van der Waals surface area (Å²) in [4.78, 5) is 26.8. The van der Waals surface area contributed by atoms with E-state index in [9.17, 15) is 14.7 Å². The first-order valence-electron chi connectivity index (χ1n) is 6.19. The van der Waals surface area contributed by atoms with Gasteiger partial charge in [-0.3, -0.25) is 14.5 Å². The van der Waals surface area contributed by atoms with Crippen LogP contribution in [-0.4, -0.2) is 58.5 Å². The van der Waals surface area contributed by atoms with Crippen LogP contribution in [0.5, 0.6) is 0 Å². The van der Waals surface area contributed by atoms with Gasteiger partial charge < -0.3 is 10.0 Å². The molecule has 0 bridgehead atoms. The quantitative estimate of drug-likeness (QED) is 0.779. The molecular weight excluding hydrogens is 220 g/mol. The van der Waals surface area contributed by atoms with E-state index in [1.54, 1.807) is 16.7 Å². The summed E-state index contributed by atoms with van der Waals surface area (Å²) in [5.74, 6) is -0.779. The van der Waals surface area contributed by atoms with E-state index >= 15 is 0 Å². The van der Waals surface area contributed by atoms with Crippen molar-refractivity contribution in [3.05, 3.63) is 0 Å². The van der Waals surface area contributed by atoms with Crippen LogP contribution in [0.4, 0.5) is 0 Å². The molecule has 2 fully saturated rings. The van der Waals surface area contributed by atoms with Crippen LogP contribution >= 0.6 is 0 Å². The lowest BCUT2D eigenvalue weighted by Gasteiger charge is -2.31. The molecule has 1 heterocycles. The fourth-order valence-corrected chi connectivity index (χ4v) is 2.46. The SMILES string of the molecule is CN(C(=O)CN1CCCC1(C)C(=O)O)C1CC1. The summed E-state index contributed by atoms with van der Waals surface area (Å²) in [7, 11) is 1.81. The fourth-order valence-electron chi connectivity index (χ4n) is 2.46. The number of aliphatic carboxylic acids is 1. The van der Waals surface area contributed by atoms with E-state index in [0.717, 1.165) is 19.3 Å². The Balaban J connectivity index is 1.97. The molecule has 5 heteroatoms. The predicted molar refractivity (Wildman–Crippen MR) is 62.6 cm³/mol. The minimum Gasteiger partial charge on any atom is -0.480 e. The number of nitrogens with zero attached hydrogens (tertiary/aromatic N) is 2. The van der Waals surface area contributed by atoms with Crippen molar-refractivity contribution in [3.8, 4) is 0 Å². The van der Waals surface area contributed by atoms with Crippen LogP contribution in [0, 0.1) is 0 Å². The maximum absolute atomic E-state index is 12.0. The predicted octanol–water partition coefficient (Wildman–Crippen LogP) is 0.546. The molecular formula is C12H20N2O3. The van der Waals surface area contributed by atoms with Crippen molar-refractivity contribution in [2.24, 2.45) is 0 Å². The molecule has 1 unspecified atom stereocenters. The number of likely N-dealkylation sites (tertiary alicyclic amines) is 1. The number of carbonyl (C=O) groups excluding carboxylic acids is 1. The van der Waals surface area contributed by atoms with Gasteiger partial charge in [-0.05, 0) is 39.2 Å². The van der Waals surface area contributed by atoms with E-state index in [1.807, 2.05) is 7.05 Å². The topological polar surface area (TPSA) is 60.9 Å². The summed E-state index contributed by atoms with van der Waals surface area (Å²) in [6.45, 7) is 2.65. The highest BCUT2D eigenvalue weighted by atomic mass is 16.4. The first-order chi connectivity index (χ1) is 7.95. The molecule has 96 valence electrons. The zero-order valence-corrected chi connectivity index (χ0v) is 10.5. The molecule has 0 aromatic carbocycles. The molecule has 1 atom stereocenters. The fraction of sp³-hybridized carbons (Fsp3) is 0.833. The smallest absolute Gasteiger partial charge is 0.323 e. The highest BCUT2D eigenvalue weighted by Crippen LogP contribution is 2.30. The number of carbonyl (C=O) groups is 2. The lowest BCUT2D eigenvalue weighted by atomic mass is 9.99. The maximum atomic E-state index is 12.0. The zero-order chi connectivity index (χ0) is 12.6. The van der Waals surface area contributed by atoms with Gasteiger partial charge in [-0.2, -0.15) is 0 Å². The van der Waals surface area contributed by atoms with Gasteiger partial charge in [-0.25, -0.2) is 0 Å². The Kier molecular flexibility index (Phi) is 3.12. The van der Waals surface area contributed by atoms with Gasteiger partial charge in [0.2, 0.25) is 5.91 Å². The molecule has 1 saturated carbocycles. The van der Waals surface area contributed by atoms with E-state index in [-0.39, 0.29) is 12.5 Å². The molecule has 1 amide bonds. The van der Waals surface area contributed by atoms with Gasteiger partial charge in [0.15, 0.2) is 0 Å². The van der Waals surface area contributed by atoms with Gasteiger partial charge in [0.25, 0.3) is 0 Å². The molecule has 1 saturated heterocycles. The molecule has 5 nitrogen and oxygen atoms in total. The highest BCUT2D eigenvalue weighted by Gasteiger charge is 2.44. The molecule has 0 aromatic rings. The maximum Gasteiger partial charge on any atom is 0.323 e. The van der Waals surface area contributed by atoms with Crippen molar-refractivity contribution >= 4 is 11.9 Å². The Labute approximate surface area is 101 Å². The van der Waals surface area contributed by atoms with E-state index in [4.69, 9.17) is 0 Å². The third-order valence-electron chi connectivity index (χ3n) is 4.06. The summed E-state index contributed by atoms with van der Waals surface area (Å²) in [5, 5.41) is 9.25. The number of rotatable bonds is 4. The number of likely N-dealkylation sites (N-methyl/N-ethyl adjacent to an activating group) is 1. The molecule has 1 aliphatic carbocycles. The number of hydrogen-bond donors (Lipinski definition) is 1. The van der Waals surface area contributed by atoms with Gasteiger partial charge >= 0.3 is 5.97 Å². The number of amides is 1. The largest absolute Gasteiger partial charge is 0.480 e. The minimum absolute atomic E-state index is 0.0434. The van der Waals surface area contributed by atoms with Crippen LogP contribution in [0.25, 0.3) is 0 Å². The number of hydrogen-bond acceptors (Lipinski definition) is 3. The van der Waals surface area contributed by atoms with Crippen molar-refractivity contribution in [1.29, 1.82) is 0 Å². The lowest BCUT2D eigenvalue weighted by molar-refractivity contribution is -0.150. The summed E-state index contributed by atoms with van der Waals surface area (Å²) >= 11 is 0. The van der Waals surface area contributed by atoms with Crippen molar-refractivity contribution in [3.63, 3.8) is 0 Å². The van der Waals surface area contributed by atoms with Gasteiger partial charge in [-0.1, -0.05) is 0 Å². The normalized spacial score (nSPS) is 29.3. The second-order valence-corrected chi connectivity index (χ2v) is 5.34. The van der Waals surface area contributed by atoms with Crippen LogP contribution in [0.2, 0.25) is 0 Å². The first-order valence-corrected chi connectivity index (χ1v) is 6.19. The van der Waals surface area contributed by atoms with Crippen LogP contribution in [0.3, 0.4) is 0 Å². The molecule has 1 N–H and O–H groups in total. The Morgan fingerprint density at radius 1 is 1.47 bits per heavy atom. The second-order valence-electron chi connectivity index (χ2n) is 5.34. The summed E-state index contributed by atoms with van der Waals surface area (Å²) in [5.41, 5.74) is -0.861. The standard InChI is InChI=1S/C12H20N2O3/c1-12(11(16)17)6-3-7-14(12)8-10(15)13(2)9-4-5-9/h9H,3-8H2,1-2H3,(H,16,17). The van der Waals surface area contributed by atoms with E-state index < -0.39 is 11.5 Å². The third kappa shape index (κ3) is 2.29. The second kappa shape index (κ2) is 4.29. The first kappa shape index (κ1) is 12.4. The Morgan fingerprint density at radius 3 is 2.65 bits per heavy atom. The van der Waals surface area contributed by atoms with Gasteiger partial charge in [0, 0.05) is 13.1 Å². The zero-order valence-electron chi connectivity index (χ0n) is 10.5. The average molecular weight is 240 g/mol.